The van der Waals surface area contributed by atoms with Crippen molar-refractivity contribution in [1.29, 1.82) is 0 Å². The summed E-state index contributed by atoms with van der Waals surface area (Å²) in [7, 11) is 0. The highest BCUT2D eigenvalue weighted by atomic mass is 16.5. The summed E-state index contributed by atoms with van der Waals surface area (Å²) >= 11 is 0. The second-order valence-electron chi connectivity index (χ2n) is 5.19. The molecule has 0 aliphatic carbocycles. The Kier molecular flexibility index (Phi) is 4.90. The van der Waals surface area contributed by atoms with Gasteiger partial charge in [-0.3, -0.25) is 10.0 Å². The Morgan fingerprint density at radius 1 is 1.32 bits per heavy atom. The van der Waals surface area contributed by atoms with E-state index in [2.05, 4.69) is 6.58 Å². The molecule has 1 atom stereocenters. The first-order chi connectivity index (χ1) is 8.79. The molecule has 0 radical (unpaired) electrons. The predicted molar refractivity (Wildman–Crippen MR) is 77.5 cm³/mol. The van der Waals surface area contributed by atoms with Crippen LogP contribution in [-0.4, -0.2) is 22.2 Å². The molecule has 1 amide bonds. The van der Waals surface area contributed by atoms with Crippen LogP contribution in [0, 0.1) is 20.8 Å². The van der Waals surface area contributed by atoms with Gasteiger partial charge in [-0.05, 0) is 45.2 Å². The van der Waals surface area contributed by atoms with Crippen LogP contribution < -0.4 is 0 Å². The van der Waals surface area contributed by atoms with E-state index < -0.39 is 0 Å². The Balaban J connectivity index is 3.17. The quantitative estimate of drug-likeness (QED) is 0.509. The molecule has 3 heteroatoms. The van der Waals surface area contributed by atoms with Crippen LogP contribution in [0.2, 0.25) is 0 Å². The van der Waals surface area contributed by atoms with Crippen LogP contribution in [0.15, 0.2) is 24.3 Å². The molecule has 104 valence electrons. The Morgan fingerprint density at radius 3 is 2.16 bits per heavy atom. The lowest BCUT2D eigenvalue weighted by Crippen LogP contribution is -2.38. The molecule has 0 heterocycles. The second-order valence-corrected chi connectivity index (χ2v) is 5.19. The van der Waals surface area contributed by atoms with Gasteiger partial charge < -0.3 is 0 Å². The lowest BCUT2D eigenvalue weighted by Gasteiger charge is -2.26. The van der Waals surface area contributed by atoms with Gasteiger partial charge in [0.1, 0.15) is 0 Å². The summed E-state index contributed by atoms with van der Waals surface area (Å²) in [6.07, 6.45) is 0.640. The highest BCUT2D eigenvalue weighted by Gasteiger charge is 2.25. The van der Waals surface area contributed by atoms with E-state index in [9.17, 15) is 10.0 Å². The first kappa shape index (κ1) is 15.4. The number of carbonyl (C=O) groups excluding carboxylic acids is 1. The molecular weight excluding hydrogens is 238 g/mol. The molecule has 0 aliphatic heterocycles. The summed E-state index contributed by atoms with van der Waals surface area (Å²) in [6, 6.07) is 3.57. The summed E-state index contributed by atoms with van der Waals surface area (Å²) in [6.45, 7) is 13.3. The Morgan fingerprint density at radius 2 is 1.79 bits per heavy atom. The average molecular weight is 261 g/mol. The standard InChI is InChI=1S/C16H23NO2/c1-7-14(10(2)3)17(19)16(18)15-12(5)8-11(4)9-13(15)6/h8-9,14,19H,2,7H2,1,3-6H3. The number of rotatable bonds is 4. The van der Waals surface area contributed by atoms with Gasteiger partial charge in [-0.1, -0.05) is 36.8 Å². The highest BCUT2D eigenvalue weighted by Crippen LogP contribution is 2.21. The van der Waals surface area contributed by atoms with Gasteiger partial charge in [0.05, 0.1) is 6.04 Å². The number of nitrogens with zero attached hydrogens (tertiary/aromatic N) is 1. The summed E-state index contributed by atoms with van der Waals surface area (Å²) in [5, 5.41) is 11.0. The van der Waals surface area contributed by atoms with Crippen molar-refractivity contribution in [2.24, 2.45) is 0 Å². The number of aryl methyl sites for hydroxylation is 3. The van der Waals surface area contributed by atoms with E-state index in [4.69, 9.17) is 0 Å². The molecule has 19 heavy (non-hydrogen) atoms. The van der Waals surface area contributed by atoms with Crippen LogP contribution >= 0.6 is 0 Å². The van der Waals surface area contributed by atoms with Crippen LogP contribution in [0.4, 0.5) is 0 Å². The minimum absolute atomic E-state index is 0.340. The van der Waals surface area contributed by atoms with Gasteiger partial charge in [0.25, 0.3) is 5.91 Å². The molecule has 0 aromatic heterocycles. The van der Waals surface area contributed by atoms with Gasteiger partial charge in [-0.2, -0.15) is 0 Å². The Hall–Kier alpha value is -1.61. The molecule has 0 spiro atoms. The maximum atomic E-state index is 12.4. The van der Waals surface area contributed by atoms with Crippen LogP contribution in [-0.2, 0) is 0 Å². The van der Waals surface area contributed by atoms with Gasteiger partial charge in [0.15, 0.2) is 0 Å². The van der Waals surface area contributed by atoms with Crippen molar-refractivity contribution in [3.8, 4) is 0 Å². The van der Waals surface area contributed by atoms with Crippen LogP contribution in [0.3, 0.4) is 0 Å². The maximum absolute atomic E-state index is 12.4. The number of benzene rings is 1. The third-order valence-corrected chi connectivity index (χ3v) is 3.35. The van der Waals surface area contributed by atoms with Crippen molar-refractivity contribution in [2.45, 2.75) is 47.1 Å². The molecule has 1 aromatic carbocycles. The lowest BCUT2D eigenvalue weighted by molar-refractivity contribution is -0.0800. The first-order valence-electron chi connectivity index (χ1n) is 6.55. The van der Waals surface area contributed by atoms with E-state index in [0.717, 1.165) is 27.3 Å². The fourth-order valence-corrected chi connectivity index (χ4v) is 2.50. The molecular formula is C16H23NO2. The first-order valence-corrected chi connectivity index (χ1v) is 6.55. The Labute approximate surface area is 115 Å². The van der Waals surface area contributed by atoms with Crippen molar-refractivity contribution >= 4 is 5.91 Å². The third kappa shape index (κ3) is 3.24. The van der Waals surface area contributed by atoms with Crippen molar-refractivity contribution in [2.75, 3.05) is 0 Å². The Bertz CT molecular complexity index is 482. The molecule has 3 nitrogen and oxygen atoms in total. The number of hydrogen-bond acceptors (Lipinski definition) is 2. The molecule has 0 aliphatic rings. The molecule has 1 rings (SSSR count). The lowest BCUT2D eigenvalue weighted by atomic mass is 9.98. The molecule has 0 saturated heterocycles. The van der Waals surface area contributed by atoms with E-state index >= 15 is 0 Å². The molecule has 1 aromatic rings. The zero-order valence-electron chi connectivity index (χ0n) is 12.4. The van der Waals surface area contributed by atoms with E-state index in [-0.39, 0.29) is 11.9 Å². The number of carbonyl (C=O) groups is 1. The second kappa shape index (κ2) is 6.02. The van der Waals surface area contributed by atoms with Crippen molar-refractivity contribution in [3.05, 3.63) is 46.5 Å². The largest absolute Gasteiger partial charge is 0.285 e. The topological polar surface area (TPSA) is 40.5 Å². The van der Waals surface area contributed by atoms with Crippen LogP contribution in [0.25, 0.3) is 0 Å². The molecule has 0 fully saturated rings. The van der Waals surface area contributed by atoms with Gasteiger partial charge in [0.2, 0.25) is 0 Å². The summed E-state index contributed by atoms with van der Waals surface area (Å²) in [5.41, 5.74) is 4.24. The van der Waals surface area contributed by atoms with E-state index in [1.54, 1.807) is 0 Å². The third-order valence-electron chi connectivity index (χ3n) is 3.35. The van der Waals surface area contributed by atoms with Crippen molar-refractivity contribution in [1.82, 2.24) is 5.06 Å². The summed E-state index contributed by atoms with van der Waals surface area (Å²) in [4.78, 5) is 12.4. The number of amides is 1. The predicted octanol–water partition coefficient (Wildman–Crippen LogP) is 3.80. The van der Waals surface area contributed by atoms with E-state index in [1.165, 1.54) is 0 Å². The number of hydrogen-bond donors (Lipinski definition) is 1. The van der Waals surface area contributed by atoms with Gasteiger partial charge in [0, 0.05) is 5.56 Å². The summed E-state index contributed by atoms with van der Waals surface area (Å²) < 4.78 is 0. The monoisotopic (exact) mass is 261 g/mol. The number of hydroxylamine groups is 2. The van der Waals surface area contributed by atoms with Gasteiger partial charge >= 0.3 is 0 Å². The molecule has 1 unspecified atom stereocenters. The van der Waals surface area contributed by atoms with Crippen LogP contribution in [0.1, 0.15) is 47.3 Å². The SMILES string of the molecule is C=C(C)C(CC)N(O)C(=O)c1c(C)cc(C)cc1C. The minimum atomic E-state index is -0.357. The zero-order chi connectivity index (χ0) is 14.7. The van der Waals surface area contributed by atoms with Crippen molar-refractivity contribution in [3.63, 3.8) is 0 Å². The molecule has 1 N–H and O–H groups in total. The molecule has 0 bridgehead atoms. The van der Waals surface area contributed by atoms with Gasteiger partial charge in [-0.15, -0.1) is 0 Å². The normalized spacial score (nSPS) is 12.1. The summed E-state index contributed by atoms with van der Waals surface area (Å²) in [5.74, 6) is -0.357. The van der Waals surface area contributed by atoms with Gasteiger partial charge in [-0.25, -0.2) is 5.06 Å². The minimum Gasteiger partial charge on any atom is -0.285 e. The molecule has 0 saturated carbocycles. The van der Waals surface area contributed by atoms with Crippen molar-refractivity contribution < 1.29 is 10.0 Å². The van der Waals surface area contributed by atoms with E-state index in [0.29, 0.717) is 12.0 Å². The smallest absolute Gasteiger partial charge is 0.278 e. The zero-order valence-corrected chi connectivity index (χ0v) is 12.4. The van der Waals surface area contributed by atoms with Crippen LogP contribution in [0.5, 0.6) is 0 Å². The maximum Gasteiger partial charge on any atom is 0.278 e. The highest BCUT2D eigenvalue weighted by molar-refractivity contribution is 5.96. The van der Waals surface area contributed by atoms with E-state index in [1.807, 2.05) is 46.8 Å². The average Bonchev–Trinajstić information content (AvgIpc) is 2.27. The fraction of sp³-hybridized carbons (Fsp3) is 0.438. The fourth-order valence-electron chi connectivity index (χ4n) is 2.50.